The standard InChI is InChI=1S/C21H24N2O3/c1-4-20-23-19-13-17(15-7-9-18(25-3)10-8-15)12-16(21(19)26-20)6-5-11-22-14(2)24/h7-10,12-13H,4-6,11H2,1-3H3,(H,22,24). The van der Waals surface area contributed by atoms with Crippen LogP contribution in [0.3, 0.4) is 0 Å². The monoisotopic (exact) mass is 352 g/mol. The average molecular weight is 352 g/mol. The van der Waals surface area contributed by atoms with Gasteiger partial charge in [0.2, 0.25) is 5.91 Å². The number of hydrogen-bond donors (Lipinski definition) is 1. The van der Waals surface area contributed by atoms with E-state index >= 15 is 0 Å². The molecule has 0 saturated heterocycles. The van der Waals surface area contributed by atoms with Crippen molar-refractivity contribution in [2.24, 2.45) is 0 Å². The molecule has 0 unspecified atom stereocenters. The second-order valence-electron chi connectivity index (χ2n) is 6.26. The van der Waals surface area contributed by atoms with Crippen LogP contribution < -0.4 is 10.1 Å². The van der Waals surface area contributed by atoms with Crippen LogP contribution in [0.4, 0.5) is 0 Å². The molecule has 3 rings (SSSR count). The minimum absolute atomic E-state index is 0.00457. The number of carbonyl (C=O) groups is 1. The Kier molecular flexibility index (Phi) is 5.56. The van der Waals surface area contributed by atoms with Crippen molar-refractivity contribution in [1.82, 2.24) is 10.3 Å². The summed E-state index contributed by atoms with van der Waals surface area (Å²) in [5, 5.41) is 2.84. The van der Waals surface area contributed by atoms with Gasteiger partial charge in [-0.05, 0) is 53.8 Å². The van der Waals surface area contributed by atoms with Gasteiger partial charge in [-0.1, -0.05) is 19.1 Å². The lowest BCUT2D eigenvalue weighted by molar-refractivity contribution is -0.118. The van der Waals surface area contributed by atoms with Gasteiger partial charge in [-0.2, -0.15) is 0 Å². The summed E-state index contributed by atoms with van der Waals surface area (Å²) in [6.45, 7) is 4.22. The van der Waals surface area contributed by atoms with Gasteiger partial charge in [0, 0.05) is 19.9 Å². The van der Waals surface area contributed by atoms with Gasteiger partial charge in [0.15, 0.2) is 11.5 Å². The summed E-state index contributed by atoms with van der Waals surface area (Å²) in [4.78, 5) is 15.7. The third-order valence-electron chi connectivity index (χ3n) is 4.33. The molecule has 0 spiro atoms. The van der Waals surface area contributed by atoms with E-state index in [2.05, 4.69) is 22.4 Å². The third-order valence-corrected chi connectivity index (χ3v) is 4.33. The van der Waals surface area contributed by atoms with Crippen molar-refractivity contribution in [2.45, 2.75) is 33.1 Å². The van der Waals surface area contributed by atoms with Gasteiger partial charge >= 0.3 is 0 Å². The normalized spacial score (nSPS) is 10.9. The number of amides is 1. The number of methoxy groups -OCH3 is 1. The maximum atomic E-state index is 11.1. The summed E-state index contributed by atoms with van der Waals surface area (Å²) >= 11 is 0. The van der Waals surface area contributed by atoms with Crippen LogP contribution in [0, 0.1) is 0 Å². The van der Waals surface area contributed by atoms with E-state index in [1.54, 1.807) is 7.11 Å². The maximum absolute atomic E-state index is 11.1. The Labute approximate surface area is 153 Å². The van der Waals surface area contributed by atoms with E-state index in [1.807, 2.05) is 31.2 Å². The highest BCUT2D eigenvalue weighted by Crippen LogP contribution is 2.30. The highest BCUT2D eigenvalue weighted by molar-refractivity contribution is 5.83. The number of aromatic nitrogens is 1. The summed E-state index contributed by atoms with van der Waals surface area (Å²) in [6, 6.07) is 12.2. The molecule has 0 aliphatic rings. The van der Waals surface area contributed by atoms with Crippen LogP contribution in [0.2, 0.25) is 0 Å². The molecule has 2 aromatic carbocycles. The van der Waals surface area contributed by atoms with Gasteiger partial charge in [0.1, 0.15) is 11.3 Å². The number of oxazole rings is 1. The third kappa shape index (κ3) is 4.04. The molecular weight excluding hydrogens is 328 g/mol. The zero-order chi connectivity index (χ0) is 18.5. The number of carbonyl (C=O) groups excluding carboxylic acids is 1. The summed E-state index contributed by atoms with van der Waals surface area (Å²) in [5.74, 6) is 1.57. The highest BCUT2D eigenvalue weighted by Gasteiger charge is 2.12. The van der Waals surface area contributed by atoms with Crippen LogP contribution in [0.25, 0.3) is 22.2 Å². The molecule has 136 valence electrons. The van der Waals surface area contributed by atoms with E-state index < -0.39 is 0 Å². The number of rotatable bonds is 7. The van der Waals surface area contributed by atoms with Crippen molar-refractivity contribution < 1.29 is 13.9 Å². The minimum atomic E-state index is -0.00457. The molecule has 5 nitrogen and oxygen atoms in total. The number of hydrogen-bond acceptors (Lipinski definition) is 4. The van der Waals surface area contributed by atoms with E-state index in [9.17, 15) is 4.79 Å². The van der Waals surface area contributed by atoms with Gasteiger partial charge in [-0.15, -0.1) is 0 Å². The summed E-state index contributed by atoms with van der Waals surface area (Å²) in [7, 11) is 1.66. The minimum Gasteiger partial charge on any atom is -0.497 e. The van der Waals surface area contributed by atoms with Crippen LogP contribution >= 0.6 is 0 Å². The zero-order valence-corrected chi connectivity index (χ0v) is 15.5. The van der Waals surface area contributed by atoms with Crippen LogP contribution in [0.5, 0.6) is 5.75 Å². The molecule has 0 fully saturated rings. The molecule has 0 bridgehead atoms. The largest absolute Gasteiger partial charge is 0.497 e. The van der Waals surface area contributed by atoms with Crippen molar-refractivity contribution in [3.63, 3.8) is 0 Å². The molecule has 26 heavy (non-hydrogen) atoms. The van der Waals surface area contributed by atoms with E-state index in [0.29, 0.717) is 6.54 Å². The Morgan fingerprint density at radius 1 is 1.19 bits per heavy atom. The van der Waals surface area contributed by atoms with Crippen LogP contribution in [0.1, 0.15) is 31.7 Å². The molecule has 0 aliphatic heterocycles. The Hall–Kier alpha value is -2.82. The first-order chi connectivity index (χ1) is 12.6. The smallest absolute Gasteiger partial charge is 0.216 e. The van der Waals surface area contributed by atoms with Crippen LogP contribution in [-0.2, 0) is 17.6 Å². The number of nitrogens with one attached hydrogen (secondary N) is 1. The fourth-order valence-electron chi connectivity index (χ4n) is 2.98. The molecule has 5 heteroatoms. The quantitative estimate of drug-likeness (QED) is 0.649. The van der Waals surface area contributed by atoms with E-state index in [-0.39, 0.29) is 5.91 Å². The Bertz CT molecular complexity index is 898. The van der Waals surface area contributed by atoms with Crippen molar-refractivity contribution >= 4 is 17.0 Å². The lowest BCUT2D eigenvalue weighted by Gasteiger charge is -2.08. The first kappa shape index (κ1) is 18.0. The number of nitrogens with zero attached hydrogens (tertiary/aromatic N) is 1. The van der Waals surface area contributed by atoms with E-state index in [1.165, 1.54) is 6.92 Å². The highest BCUT2D eigenvalue weighted by atomic mass is 16.5. The molecule has 0 aliphatic carbocycles. The fraction of sp³-hybridized carbons (Fsp3) is 0.333. The Morgan fingerprint density at radius 3 is 2.62 bits per heavy atom. The van der Waals surface area contributed by atoms with Crippen LogP contribution in [0.15, 0.2) is 40.8 Å². The van der Waals surface area contributed by atoms with Gasteiger partial charge in [0.05, 0.1) is 7.11 Å². The lowest BCUT2D eigenvalue weighted by atomic mass is 9.99. The number of ether oxygens (including phenoxy) is 1. The predicted octanol–water partition coefficient (Wildman–Crippen LogP) is 4.13. The van der Waals surface area contributed by atoms with Crippen molar-refractivity contribution in [3.05, 3.63) is 47.9 Å². The van der Waals surface area contributed by atoms with Crippen molar-refractivity contribution in [1.29, 1.82) is 0 Å². The lowest BCUT2D eigenvalue weighted by Crippen LogP contribution is -2.21. The Morgan fingerprint density at radius 2 is 1.96 bits per heavy atom. The average Bonchev–Trinajstić information content (AvgIpc) is 3.08. The van der Waals surface area contributed by atoms with Crippen molar-refractivity contribution in [2.75, 3.05) is 13.7 Å². The summed E-state index contributed by atoms with van der Waals surface area (Å²) in [5.41, 5.74) is 5.06. The molecule has 1 amide bonds. The van der Waals surface area contributed by atoms with E-state index in [0.717, 1.165) is 58.7 Å². The molecule has 1 heterocycles. The van der Waals surface area contributed by atoms with E-state index in [4.69, 9.17) is 9.15 Å². The number of benzene rings is 2. The fourth-order valence-corrected chi connectivity index (χ4v) is 2.98. The Balaban J connectivity index is 1.94. The second-order valence-corrected chi connectivity index (χ2v) is 6.26. The number of fused-ring (bicyclic) bond motifs is 1. The maximum Gasteiger partial charge on any atom is 0.216 e. The number of aryl methyl sites for hydroxylation is 2. The topological polar surface area (TPSA) is 64.4 Å². The van der Waals surface area contributed by atoms with Gasteiger partial charge in [-0.3, -0.25) is 4.79 Å². The zero-order valence-electron chi connectivity index (χ0n) is 15.5. The molecular formula is C21H24N2O3. The summed E-state index contributed by atoms with van der Waals surface area (Å²) in [6.07, 6.45) is 2.43. The van der Waals surface area contributed by atoms with Gasteiger partial charge in [0.25, 0.3) is 0 Å². The van der Waals surface area contributed by atoms with Crippen molar-refractivity contribution in [3.8, 4) is 16.9 Å². The molecule has 0 radical (unpaired) electrons. The first-order valence-electron chi connectivity index (χ1n) is 8.92. The second kappa shape index (κ2) is 8.04. The van der Waals surface area contributed by atoms with Crippen LogP contribution in [-0.4, -0.2) is 24.5 Å². The first-order valence-corrected chi connectivity index (χ1v) is 8.92. The predicted molar refractivity (Wildman–Crippen MR) is 102 cm³/mol. The molecule has 1 aromatic heterocycles. The molecule has 3 aromatic rings. The molecule has 1 N–H and O–H groups in total. The van der Waals surface area contributed by atoms with Gasteiger partial charge < -0.3 is 14.5 Å². The van der Waals surface area contributed by atoms with Gasteiger partial charge in [-0.25, -0.2) is 4.98 Å². The molecule has 0 atom stereocenters. The SMILES string of the molecule is CCc1nc2cc(-c3ccc(OC)cc3)cc(CCCNC(C)=O)c2o1. The molecule has 0 saturated carbocycles. The summed E-state index contributed by atoms with van der Waals surface area (Å²) < 4.78 is 11.2.